The first-order valence-corrected chi connectivity index (χ1v) is 5.27. The second-order valence-electron chi connectivity index (χ2n) is 3.52. The quantitative estimate of drug-likeness (QED) is 0.476. The third-order valence-electron chi connectivity index (χ3n) is 2.18. The number of esters is 1. The summed E-state index contributed by atoms with van der Waals surface area (Å²) in [6.45, 7) is 8.16. The summed E-state index contributed by atoms with van der Waals surface area (Å²) in [6.07, 6.45) is 3.10. The molecule has 0 unspecified atom stereocenters. The molecule has 1 aromatic heterocycles. The number of carbonyl (C=O) groups is 2. The molecule has 96 valence electrons. The van der Waals surface area contributed by atoms with Crippen molar-refractivity contribution >= 4 is 11.8 Å². The average Bonchev–Trinajstić information content (AvgIpc) is 2.63. The number of carbonyl (C=O) groups excluding carboxylic acids is 2. The van der Waals surface area contributed by atoms with Gasteiger partial charge in [-0.3, -0.25) is 4.79 Å². The van der Waals surface area contributed by atoms with E-state index in [0.29, 0.717) is 0 Å². The van der Waals surface area contributed by atoms with Crippen molar-refractivity contribution in [2.24, 2.45) is 0 Å². The van der Waals surface area contributed by atoms with Gasteiger partial charge in [-0.1, -0.05) is 18.7 Å². The molecule has 0 aliphatic heterocycles. The van der Waals surface area contributed by atoms with Gasteiger partial charge >= 0.3 is 5.97 Å². The van der Waals surface area contributed by atoms with Gasteiger partial charge in [0.1, 0.15) is 23.5 Å². The smallest absolute Gasteiger partial charge is 0.342 e. The lowest BCUT2D eigenvalue weighted by Gasteiger charge is -2.02. The topological polar surface area (TPSA) is 76.7 Å². The molecule has 1 heterocycles. The van der Waals surface area contributed by atoms with Crippen molar-refractivity contribution in [1.82, 2.24) is 0 Å². The van der Waals surface area contributed by atoms with Crippen LogP contribution in [0.15, 0.2) is 29.7 Å². The molecule has 18 heavy (non-hydrogen) atoms. The lowest BCUT2D eigenvalue weighted by molar-refractivity contribution is 0.0544. The van der Waals surface area contributed by atoms with Gasteiger partial charge in [-0.25, -0.2) is 4.79 Å². The number of furan rings is 1. The van der Waals surface area contributed by atoms with Gasteiger partial charge in [-0.15, -0.1) is 6.58 Å². The third kappa shape index (κ3) is 2.68. The van der Waals surface area contributed by atoms with Gasteiger partial charge in [0.15, 0.2) is 5.78 Å². The standard InChI is InChI=1S/C13H14O5/c1-4-6-9-11(12(15)17-7-5-2)10(8(3)14)13(16)18-9/h4-5,16H,1-2,6-7H2,3H3. The highest BCUT2D eigenvalue weighted by Gasteiger charge is 2.28. The molecule has 1 aromatic rings. The summed E-state index contributed by atoms with van der Waals surface area (Å²) in [6, 6.07) is 0. The van der Waals surface area contributed by atoms with Crippen molar-refractivity contribution in [2.75, 3.05) is 6.61 Å². The Labute approximate surface area is 104 Å². The van der Waals surface area contributed by atoms with Gasteiger partial charge in [-0.05, 0) is 6.92 Å². The number of hydrogen-bond donors (Lipinski definition) is 1. The minimum Gasteiger partial charge on any atom is -0.480 e. The largest absolute Gasteiger partial charge is 0.480 e. The van der Waals surface area contributed by atoms with Crippen molar-refractivity contribution in [1.29, 1.82) is 0 Å². The summed E-state index contributed by atoms with van der Waals surface area (Å²) in [5, 5.41) is 9.53. The van der Waals surface area contributed by atoms with E-state index >= 15 is 0 Å². The van der Waals surface area contributed by atoms with E-state index in [4.69, 9.17) is 9.15 Å². The number of Topliss-reactive ketones (excluding diaryl/α,β-unsaturated/α-hetero) is 1. The van der Waals surface area contributed by atoms with Crippen LogP contribution in [-0.2, 0) is 11.2 Å². The molecule has 0 saturated carbocycles. The Morgan fingerprint density at radius 3 is 2.50 bits per heavy atom. The zero-order valence-electron chi connectivity index (χ0n) is 10.1. The summed E-state index contributed by atoms with van der Waals surface area (Å²) in [5.41, 5.74) is -0.220. The number of allylic oxidation sites excluding steroid dienone is 1. The average molecular weight is 250 g/mol. The zero-order chi connectivity index (χ0) is 13.7. The Morgan fingerprint density at radius 2 is 2.00 bits per heavy atom. The van der Waals surface area contributed by atoms with Crippen LogP contribution in [0.3, 0.4) is 0 Å². The number of aromatic hydroxyl groups is 1. The molecule has 0 spiro atoms. The molecule has 0 atom stereocenters. The van der Waals surface area contributed by atoms with Crippen LogP contribution < -0.4 is 0 Å². The van der Waals surface area contributed by atoms with Crippen molar-refractivity contribution in [3.05, 3.63) is 42.2 Å². The number of ketones is 1. The molecule has 5 nitrogen and oxygen atoms in total. The Bertz CT molecular complexity index is 496. The highest BCUT2D eigenvalue weighted by molar-refractivity contribution is 6.07. The maximum absolute atomic E-state index is 11.8. The van der Waals surface area contributed by atoms with E-state index in [0.717, 1.165) is 0 Å². The molecule has 0 aliphatic rings. The minimum atomic E-state index is -0.735. The molecule has 0 fully saturated rings. The first-order valence-electron chi connectivity index (χ1n) is 5.27. The monoisotopic (exact) mass is 250 g/mol. The van der Waals surface area contributed by atoms with Crippen molar-refractivity contribution in [2.45, 2.75) is 13.3 Å². The fraction of sp³-hybridized carbons (Fsp3) is 0.231. The van der Waals surface area contributed by atoms with Crippen LogP contribution in [0.1, 0.15) is 33.4 Å². The SMILES string of the molecule is C=CCOC(=O)c1c(CC=C)oc(O)c1C(C)=O. The van der Waals surface area contributed by atoms with Crippen molar-refractivity contribution in [3.63, 3.8) is 0 Å². The lowest BCUT2D eigenvalue weighted by atomic mass is 10.1. The molecule has 1 N–H and O–H groups in total. The highest BCUT2D eigenvalue weighted by atomic mass is 16.5. The van der Waals surface area contributed by atoms with Crippen LogP contribution in [-0.4, -0.2) is 23.5 Å². The predicted octanol–water partition coefficient (Wildman–Crippen LogP) is 2.26. The Morgan fingerprint density at radius 1 is 1.33 bits per heavy atom. The summed E-state index contributed by atoms with van der Waals surface area (Å²) in [7, 11) is 0. The molecule has 1 rings (SSSR count). The molecule has 5 heteroatoms. The van der Waals surface area contributed by atoms with Crippen LogP contribution in [0, 0.1) is 0 Å². The normalized spacial score (nSPS) is 9.83. The molecule has 0 radical (unpaired) electrons. The van der Waals surface area contributed by atoms with Crippen molar-refractivity contribution in [3.8, 4) is 5.95 Å². The summed E-state index contributed by atoms with van der Waals surface area (Å²) >= 11 is 0. The fourth-order valence-electron chi connectivity index (χ4n) is 1.49. The van der Waals surface area contributed by atoms with E-state index in [9.17, 15) is 14.7 Å². The van der Waals surface area contributed by atoms with Crippen LogP contribution in [0.4, 0.5) is 0 Å². The lowest BCUT2D eigenvalue weighted by Crippen LogP contribution is -2.10. The Hall–Kier alpha value is -2.30. The molecular formula is C13H14O5. The fourth-order valence-corrected chi connectivity index (χ4v) is 1.49. The van der Waals surface area contributed by atoms with Crippen molar-refractivity contribution < 1.29 is 23.8 Å². The number of hydrogen-bond acceptors (Lipinski definition) is 5. The Balaban J connectivity index is 3.26. The van der Waals surface area contributed by atoms with E-state index in [2.05, 4.69) is 13.2 Å². The van der Waals surface area contributed by atoms with E-state index in [-0.39, 0.29) is 29.9 Å². The second-order valence-corrected chi connectivity index (χ2v) is 3.52. The van der Waals surface area contributed by atoms with Gasteiger partial charge < -0.3 is 14.3 Å². The highest BCUT2D eigenvalue weighted by Crippen LogP contribution is 2.30. The van der Waals surface area contributed by atoms with Gasteiger partial charge in [0.05, 0.1) is 0 Å². The predicted molar refractivity (Wildman–Crippen MR) is 64.8 cm³/mol. The van der Waals surface area contributed by atoms with E-state index in [1.807, 2.05) is 0 Å². The maximum Gasteiger partial charge on any atom is 0.342 e. The van der Waals surface area contributed by atoms with E-state index in [1.54, 1.807) is 0 Å². The molecular weight excluding hydrogens is 236 g/mol. The first kappa shape index (κ1) is 13.8. The van der Waals surface area contributed by atoms with Crippen LogP contribution >= 0.6 is 0 Å². The van der Waals surface area contributed by atoms with Gasteiger partial charge in [0.25, 0.3) is 5.95 Å². The van der Waals surface area contributed by atoms with Crippen LogP contribution in [0.25, 0.3) is 0 Å². The maximum atomic E-state index is 11.8. The summed E-state index contributed by atoms with van der Waals surface area (Å²) in [4.78, 5) is 23.2. The van der Waals surface area contributed by atoms with Gasteiger partial charge in [0.2, 0.25) is 0 Å². The van der Waals surface area contributed by atoms with E-state index in [1.165, 1.54) is 19.1 Å². The minimum absolute atomic E-state index is 0.00957. The van der Waals surface area contributed by atoms with Crippen LogP contribution in [0.2, 0.25) is 0 Å². The molecule has 0 aliphatic carbocycles. The number of ether oxygens (including phenoxy) is 1. The molecule has 0 amide bonds. The third-order valence-corrected chi connectivity index (χ3v) is 2.18. The zero-order valence-corrected chi connectivity index (χ0v) is 10.1. The molecule has 0 aromatic carbocycles. The first-order chi connectivity index (χ1) is 8.52. The van der Waals surface area contributed by atoms with Crippen LogP contribution in [0.5, 0.6) is 5.95 Å². The second kappa shape index (κ2) is 5.86. The Kier molecular flexibility index (Phi) is 4.48. The summed E-state index contributed by atoms with van der Waals surface area (Å²) in [5.74, 6) is -1.63. The number of rotatable bonds is 6. The van der Waals surface area contributed by atoms with Gasteiger partial charge in [-0.2, -0.15) is 0 Å². The van der Waals surface area contributed by atoms with E-state index < -0.39 is 17.7 Å². The summed E-state index contributed by atoms with van der Waals surface area (Å²) < 4.78 is 9.84. The van der Waals surface area contributed by atoms with Gasteiger partial charge in [0, 0.05) is 6.42 Å². The molecule has 0 bridgehead atoms. The molecule has 0 saturated heterocycles.